The summed E-state index contributed by atoms with van der Waals surface area (Å²) < 4.78 is 8.80. The molecular weight excluding hydrogens is 434 g/mol. The zero-order chi connectivity index (χ0) is 24.2. The molecule has 0 bridgehead atoms. The Hall–Kier alpha value is -3.53. The third-order valence-electron chi connectivity index (χ3n) is 5.72. The van der Waals surface area contributed by atoms with E-state index in [9.17, 15) is 9.59 Å². The van der Waals surface area contributed by atoms with Crippen LogP contribution in [0.5, 0.6) is 0 Å². The summed E-state index contributed by atoms with van der Waals surface area (Å²) in [4.78, 5) is 39.4. The Bertz CT molecular complexity index is 1360. The van der Waals surface area contributed by atoms with E-state index in [0.717, 1.165) is 12.0 Å². The van der Waals surface area contributed by atoms with Crippen molar-refractivity contribution in [1.29, 1.82) is 0 Å². The summed E-state index contributed by atoms with van der Waals surface area (Å²) >= 11 is 0. The highest BCUT2D eigenvalue weighted by atomic mass is 16.5. The van der Waals surface area contributed by atoms with Crippen molar-refractivity contribution in [2.45, 2.75) is 59.8 Å². The van der Waals surface area contributed by atoms with E-state index in [1.165, 1.54) is 4.57 Å². The maximum Gasteiger partial charge on any atom is 0.330 e. The van der Waals surface area contributed by atoms with Gasteiger partial charge in [0.15, 0.2) is 17.0 Å². The van der Waals surface area contributed by atoms with E-state index in [4.69, 9.17) is 9.51 Å². The fraction of sp³-hybridized carbons (Fsp3) is 0.458. The molecule has 0 radical (unpaired) electrons. The average molecular weight is 466 g/mol. The van der Waals surface area contributed by atoms with Gasteiger partial charge in [-0.3, -0.25) is 19.2 Å². The van der Waals surface area contributed by atoms with E-state index in [0.29, 0.717) is 67.2 Å². The summed E-state index contributed by atoms with van der Waals surface area (Å²) in [5, 5.41) is 3.95. The lowest BCUT2D eigenvalue weighted by molar-refractivity contribution is 0.252. The number of nitrogens with one attached hydrogen (secondary N) is 1. The third kappa shape index (κ3) is 5.17. The van der Waals surface area contributed by atoms with Crippen LogP contribution in [0.1, 0.15) is 50.3 Å². The third-order valence-corrected chi connectivity index (χ3v) is 5.72. The predicted molar refractivity (Wildman–Crippen MR) is 128 cm³/mol. The molecule has 0 unspecified atom stereocenters. The van der Waals surface area contributed by atoms with Gasteiger partial charge in [0, 0.05) is 13.0 Å². The number of H-pyrrole nitrogens is 1. The molecule has 0 fully saturated rings. The topological polar surface area (TPSA) is 115 Å². The molecule has 0 atom stereocenters. The van der Waals surface area contributed by atoms with Crippen molar-refractivity contribution in [2.75, 3.05) is 7.05 Å². The second-order valence-corrected chi connectivity index (χ2v) is 9.00. The Morgan fingerprint density at radius 3 is 2.53 bits per heavy atom. The minimum Gasteiger partial charge on any atom is -0.338 e. The van der Waals surface area contributed by atoms with Crippen molar-refractivity contribution in [2.24, 2.45) is 5.92 Å². The molecule has 0 saturated heterocycles. The van der Waals surface area contributed by atoms with Crippen LogP contribution in [0, 0.1) is 5.92 Å². The number of aryl methyl sites for hydroxylation is 2. The highest BCUT2D eigenvalue weighted by Crippen LogP contribution is 2.17. The zero-order valence-corrected chi connectivity index (χ0v) is 20.1. The fourth-order valence-corrected chi connectivity index (χ4v) is 3.91. The Kier molecular flexibility index (Phi) is 7.06. The van der Waals surface area contributed by atoms with Crippen LogP contribution in [0.2, 0.25) is 0 Å². The summed E-state index contributed by atoms with van der Waals surface area (Å²) in [6.07, 6.45) is 1.59. The standard InChI is InChI=1S/C24H31N7O3/c1-5-18-25-20(34-28-18)15-29(4)14-19-26-22-21(30(19)12-11-16(2)3)23(32)27-24(33)31(22)13-17-9-7-6-8-10-17/h6-10,16H,5,11-15H2,1-4H3,(H,27,32,33). The van der Waals surface area contributed by atoms with Gasteiger partial charge in [-0.05, 0) is 24.9 Å². The maximum atomic E-state index is 12.9. The van der Waals surface area contributed by atoms with Gasteiger partial charge in [0.2, 0.25) is 5.89 Å². The second kappa shape index (κ2) is 10.2. The molecule has 0 spiro atoms. The van der Waals surface area contributed by atoms with Crippen molar-refractivity contribution in [3.05, 3.63) is 74.3 Å². The quantitative estimate of drug-likeness (QED) is 0.383. The molecule has 0 aliphatic rings. The van der Waals surface area contributed by atoms with Crippen LogP contribution < -0.4 is 11.2 Å². The molecular formula is C24H31N7O3. The van der Waals surface area contributed by atoms with Crippen LogP contribution >= 0.6 is 0 Å². The number of hydrogen-bond acceptors (Lipinski definition) is 7. The molecule has 0 aliphatic heterocycles. The number of nitrogens with zero attached hydrogens (tertiary/aromatic N) is 6. The van der Waals surface area contributed by atoms with Gasteiger partial charge in [-0.1, -0.05) is 56.3 Å². The first-order valence-electron chi connectivity index (χ1n) is 11.6. The van der Waals surface area contributed by atoms with Crippen LogP contribution in [0.3, 0.4) is 0 Å². The Morgan fingerprint density at radius 2 is 1.85 bits per heavy atom. The molecule has 0 aliphatic carbocycles. The lowest BCUT2D eigenvalue weighted by atomic mass is 10.1. The number of aromatic nitrogens is 6. The van der Waals surface area contributed by atoms with Gasteiger partial charge in [-0.15, -0.1) is 0 Å². The molecule has 4 rings (SSSR count). The Balaban J connectivity index is 1.74. The number of fused-ring (bicyclic) bond motifs is 1. The van der Waals surface area contributed by atoms with Gasteiger partial charge in [0.25, 0.3) is 5.56 Å². The first kappa shape index (κ1) is 23.6. The SMILES string of the molecule is CCc1noc(CN(C)Cc2nc3c(c(=O)[nH]c(=O)n3Cc3ccccc3)n2CCC(C)C)n1. The summed E-state index contributed by atoms with van der Waals surface area (Å²) in [5.41, 5.74) is 0.893. The molecule has 3 aromatic heterocycles. The van der Waals surface area contributed by atoms with Gasteiger partial charge < -0.3 is 9.09 Å². The summed E-state index contributed by atoms with van der Waals surface area (Å²) in [5.74, 6) is 2.36. The summed E-state index contributed by atoms with van der Waals surface area (Å²) in [7, 11) is 1.93. The Labute approximate surface area is 197 Å². The molecule has 0 saturated carbocycles. The smallest absolute Gasteiger partial charge is 0.330 e. The second-order valence-electron chi connectivity index (χ2n) is 9.00. The van der Waals surface area contributed by atoms with E-state index >= 15 is 0 Å². The van der Waals surface area contributed by atoms with E-state index in [1.807, 2.05) is 53.8 Å². The molecule has 10 nitrogen and oxygen atoms in total. The van der Waals surface area contributed by atoms with E-state index in [2.05, 4.69) is 29.0 Å². The van der Waals surface area contributed by atoms with Crippen LogP contribution in [-0.4, -0.2) is 41.2 Å². The molecule has 180 valence electrons. The normalized spacial score (nSPS) is 11.8. The molecule has 1 N–H and O–H groups in total. The highest BCUT2D eigenvalue weighted by Gasteiger charge is 2.20. The lowest BCUT2D eigenvalue weighted by Gasteiger charge is -2.16. The highest BCUT2D eigenvalue weighted by molar-refractivity contribution is 5.71. The van der Waals surface area contributed by atoms with Crippen molar-refractivity contribution >= 4 is 11.2 Å². The van der Waals surface area contributed by atoms with Crippen molar-refractivity contribution in [3.8, 4) is 0 Å². The van der Waals surface area contributed by atoms with Crippen molar-refractivity contribution in [3.63, 3.8) is 0 Å². The zero-order valence-electron chi connectivity index (χ0n) is 20.1. The Morgan fingerprint density at radius 1 is 1.09 bits per heavy atom. The summed E-state index contributed by atoms with van der Waals surface area (Å²) in [6, 6.07) is 9.67. The van der Waals surface area contributed by atoms with E-state index < -0.39 is 11.2 Å². The minimum absolute atomic E-state index is 0.325. The van der Waals surface area contributed by atoms with Crippen molar-refractivity contribution in [1.82, 2.24) is 34.1 Å². The van der Waals surface area contributed by atoms with Gasteiger partial charge in [-0.25, -0.2) is 9.78 Å². The number of aromatic amines is 1. The number of benzene rings is 1. The van der Waals surface area contributed by atoms with Crippen LogP contribution in [-0.2, 0) is 32.6 Å². The fourth-order valence-electron chi connectivity index (χ4n) is 3.91. The van der Waals surface area contributed by atoms with Gasteiger partial charge in [0.05, 0.1) is 19.6 Å². The van der Waals surface area contributed by atoms with E-state index in [1.54, 1.807) is 0 Å². The maximum absolute atomic E-state index is 12.9. The lowest BCUT2D eigenvalue weighted by Crippen LogP contribution is -2.31. The largest absolute Gasteiger partial charge is 0.338 e. The van der Waals surface area contributed by atoms with Gasteiger partial charge in [-0.2, -0.15) is 4.98 Å². The number of rotatable bonds is 10. The first-order chi connectivity index (χ1) is 16.4. The van der Waals surface area contributed by atoms with Gasteiger partial charge in [0.1, 0.15) is 5.82 Å². The minimum atomic E-state index is -0.465. The number of hydrogen-bond donors (Lipinski definition) is 1. The van der Waals surface area contributed by atoms with E-state index in [-0.39, 0.29) is 0 Å². The molecule has 3 heterocycles. The molecule has 0 amide bonds. The van der Waals surface area contributed by atoms with Crippen LogP contribution in [0.15, 0.2) is 44.4 Å². The predicted octanol–water partition coefficient (Wildman–Crippen LogP) is 2.56. The monoisotopic (exact) mass is 465 g/mol. The average Bonchev–Trinajstić information content (AvgIpc) is 3.40. The summed E-state index contributed by atoms with van der Waals surface area (Å²) in [6.45, 7) is 8.11. The van der Waals surface area contributed by atoms with Crippen molar-refractivity contribution < 1.29 is 4.52 Å². The molecule has 1 aromatic carbocycles. The first-order valence-corrected chi connectivity index (χ1v) is 11.6. The number of imidazole rings is 1. The molecule has 10 heteroatoms. The molecule has 34 heavy (non-hydrogen) atoms. The molecule has 4 aromatic rings. The van der Waals surface area contributed by atoms with Crippen LogP contribution in [0.4, 0.5) is 0 Å². The van der Waals surface area contributed by atoms with Crippen LogP contribution in [0.25, 0.3) is 11.2 Å². The van der Waals surface area contributed by atoms with Gasteiger partial charge >= 0.3 is 5.69 Å².